The third-order valence-corrected chi connectivity index (χ3v) is 3.40. The fourth-order valence-electron chi connectivity index (χ4n) is 1.29. The van der Waals surface area contributed by atoms with Crippen LogP contribution in [0.4, 0.5) is 0 Å². The first-order valence-electron chi connectivity index (χ1n) is 5.00. The number of hydrogen-bond acceptors (Lipinski definition) is 2. The second-order valence-electron chi connectivity index (χ2n) is 4.56. The fourth-order valence-corrected chi connectivity index (χ4v) is 2.20. The van der Waals surface area contributed by atoms with Crippen LogP contribution in [0.15, 0.2) is 29.6 Å². The molecule has 1 aromatic carbocycles. The van der Waals surface area contributed by atoms with Crippen LogP contribution in [0.2, 0.25) is 0 Å². The first-order chi connectivity index (χ1) is 7.07. The molecule has 0 fully saturated rings. The largest absolute Gasteiger partial charge is 1.00 e. The number of thiazole rings is 1. The van der Waals surface area contributed by atoms with Crippen molar-refractivity contribution >= 4 is 11.3 Å². The Morgan fingerprint density at radius 3 is 2.50 bits per heavy atom. The smallest absolute Gasteiger partial charge is 0.289 e. The van der Waals surface area contributed by atoms with Crippen molar-refractivity contribution in [2.24, 2.45) is 0 Å². The molecule has 1 nitrogen and oxygen atoms in total. The molecule has 0 saturated heterocycles. The van der Waals surface area contributed by atoms with Gasteiger partial charge in [-0.2, -0.15) is 0 Å². The third-order valence-electron chi connectivity index (χ3n) is 2.13. The molecule has 16 heavy (non-hydrogen) atoms. The Hall–Kier alpha value is -0.553. The summed E-state index contributed by atoms with van der Waals surface area (Å²) in [7, 11) is 0. The summed E-state index contributed by atoms with van der Waals surface area (Å²) >= 11 is 1.72. The van der Waals surface area contributed by atoms with Gasteiger partial charge in [0.1, 0.15) is 0 Å². The van der Waals surface area contributed by atoms with Crippen LogP contribution < -0.4 is 18.9 Å². The molecule has 0 bridgehead atoms. The summed E-state index contributed by atoms with van der Waals surface area (Å²) in [4.78, 5) is 4.64. The Morgan fingerprint density at radius 2 is 2.00 bits per heavy atom. The van der Waals surface area contributed by atoms with E-state index in [0.29, 0.717) is 0 Å². The zero-order valence-corrected chi connectivity index (χ0v) is 11.1. The number of aromatic nitrogens is 1. The minimum atomic E-state index is 0. The molecule has 0 aliphatic rings. The summed E-state index contributed by atoms with van der Waals surface area (Å²) in [6.45, 7) is 6.55. The van der Waals surface area contributed by atoms with E-state index in [4.69, 9.17) is 0 Å². The van der Waals surface area contributed by atoms with Crippen LogP contribution in [0, 0.1) is 6.07 Å². The molecule has 78 valence electrons. The standard InChI is InChI=1S/C13H14NS.Li/c1-13(2,3)12-14-11(9-15-12)10-7-5-4-6-8-10;/h4-7,9H,1-3H3;/q-1;+1. The van der Waals surface area contributed by atoms with Crippen molar-refractivity contribution in [2.45, 2.75) is 26.2 Å². The molecule has 3 heteroatoms. The van der Waals surface area contributed by atoms with Gasteiger partial charge >= 0.3 is 18.9 Å². The minimum absolute atomic E-state index is 0. The van der Waals surface area contributed by atoms with Gasteiger partial charge < -0.3 is 0 Å². The number of rotatable bonds is 1. The molecule has 0 atom stereocenters. The van der Waals surface area contributed by atoms with Gasteiger partial charge in [-0.1, -0.05) is 20.8 Å². The second-order valence-corrected chi connectivity index (χ2v) is 5.42. The molecule has 0 spiro atoms. The number of hydrogen-bond donors (Lipinski definition) is 0. The predicted octanol–water partition coefficient (Wildman–Crippen LogP) is 0.912. The maximum Gasteiger partial charge on any atom is 1.00 e. The molecule has 0 unspecified atom stereocenters. The third kappa shape index (κ3) is 2.98. The van der Waals surface area contributed by atoms with Gasteiger partial charge in [0.15, 0.2) is 0 Å². The molecule has 0 amide bonds. The van der Waals surface area contributed by atoms with Gasteiger partial charge in [-0.25, -0.2) is 0 Å². The van der Waals surface area contributed by atoms with E-state index < -0.39 is 0 Å². The van der Waals surface area contributed by atoms with Gasteiger partial charge in [-0.05, 0) is 11.1 Å². The molecule has 2 aromatic rings. The monoisotopic (exact) mass is 223 g/mol. The molecule has 1 heterocycles. The van der Waals surface area contributed by atoms with E-state index in [1.54, 1.807) is 11.3 Å². The van der Waals surface area contributed by atoms with Crippen molar-refractivity contribution < 1.29 is 18.9 Å². The van der Waals surface area contributed by atoms with Crippen LogP contribution in [0.3, 0.4) is 0 Å². The van der Waals surface area contributed by atoms with Crippen molar-refractivity contribution in [2.75, 3.05) is 0 Å². The summed E-state index contributed by atoms with van der Waals surface area (Å²) in [5.41, 5.74) is 2.24. The zero-order chi connectivity index (χ0) is 10.9. The summed E-state index contributed by atoms with van der Waals surface area (Å²) in [5, 5.41) is 3.28. The van der Waals surface area contributed by atoms with E-state index >= 15 is 0 Å². The Morgan fingerprint density at radius 1 is 1.25 bits per heavy atom. The molecule has 0 aliphatic carbocycles. The molecular formula is C13H14LiNS. The van der Waals surface area contributed by atoms with Crippen LogP contribution >= 0.6 is 11.3 Å². The average molecular weight is 223 g/mol. The summed E-state index contributed by atoms with van der Waals surface area (Å²) in [6, 6.07) is 11.1. The second kappa shape index (κ2) is 5.18. The molecule has 0 N–H and O–H groups in total. The maximum atomic E-state index is 4.64. The van der Waals surface area contributed by atoms with E-state index in [0.717, 1.165) is 11.3 Å². The maximum absolute atomic E-state index is 4.64. The topological polar surface area (TPSA) is 12.9 Å². The first kappa shape index (κ1) is 13.5. The van der Waals surface area contributed by atoms with Crippen molar-refractivity contribution in [3.05, 3.63) is 40.7 Å². The molecule has 2 rings (SSSR count). The molecular weight excluding hydrogens is 209 g/mol. The van der Waals surface area contributed by atoms with Gasteiger partial charge in [-0.15, -0.1) is 47.2 Å². The molecule has 1 aromatic heterocycles. The summed E-state index contributed by atoms with van der Waals surface area (Å²) in [6.07, 6.45) is 0. The van der Waals surface area contributed by atoms with E-state index in [9.17, 15) is 0 Å². The molecule has 0 saturated carbocycles. The number of nitrogens with zero attached hydrogens (tertiary/aromatic N) is 1. The molecule has 0 radical (unpaired) electrons. The van der Waals surface area contributed by atoms with Crippen LogP contribution in [-0.2, 0) is 5.41 Å². The Kier molecular flexibility index (Phi) is 4.38. The van der Waals surface area contributed by atoms with Gasteiger partial charge in [0.2, 0.25) is 0 Å². The fraction of sp³-hybridized carbons (Fsp3) is 0.308. The van der Waals surface area contributed by atoms with Gasteiger partial charge in [0, 0.05) is 5.41 Å². The van der Waals surface area contributed by atoms with Crippen LogP contribution in [0.5, 0.6) is 0 Å². The van der Waals surface area contributed by atoms with E-state index in [2.05, 4.69) is 37.2 Å². The first-order valence-corrected chi connectivity index (χ1v) is 5.88. The van der Waals surface area contributed by atoms with Crippen molar-refractivity contribution in [3.8, 4) is 11.3 Å². The SMILES string of the molecule is CC(C)(C)c1nc(-c2[c-]cccc2)cs1.[Li+]. The van der Waals surface area contributed by atoms with Gasteiger partial charge in [-0.3, -0.25) is 4.98 Å². The van der Waals surface area contributed by atoms with Crippen LogP contribution in [-0.4, -0.2) is 4.98 Å². The van der Waals surface area contributed by atoms with Crippen molar-refractivity contribution in [1.82, 2.24) is 4.98 Å². The van der Waals surface area contributed by atoms with Gasteiger partial charge in [0.05, 0.1) is 5.01 Å². The average Bonchev–Trinajstić information content (AvgIpc) is 2.67. The predicted molar refractivity (Wildman–Crippen MR) is 65.1 cm³/mol. The Balaban J connectivity index is 0.00000128. The minimum Gasteiger partial charge on any atom is -0.289 e. The quantitative estimate of drug-likeness (QED) is 0.517. The van der Waals surface area contributed by atoms with E-state index in [1.165, 1.54) is 5.01 Å². The van der Waals surface area contributed by atoms with Gasteiger partial charge in [0.25, 0.3) is 0 Å². The Labute approximate surface area is 113 Å². The van der Waals surface area contributed by atoms with Crippen molar-refractivity contribution in [3.63, 3.8) is 0 Å². The van der Waals surface area contributed by atoms with Crippen LogP contribution in [0.1, 0.15) is 25.8 Å². The molecule has 0 aliphatic heterocycles. The Bertz CT molecular complexity index is 442. The van der Waals surface area contributed by atoms with Crippen LogP contribution in [0.25, 0.3) is 11.3 Å². The normalized spacial score (nSPS) is 10.9. The summed E-state index contributed by atoms with van der Waals surface area (Å²) in [5.74, 6) is 0. The van der Waals surface area contributed by atoms with Crippen molar-refractivity contribution in [1.29, 1.82) is 0 Å². The van der Waals surface area contributed by atoms with E-state index in [1.807, 2.05) is 24.3 Å². The number of benzene rings is 1. The van der Waals surface area contributed by atoms with E-state index in [-0.39, 0.29) is 24.3 Å². The summed E-state index contributed by atoms with van der Waals surface area (Å²) < 4.78 is 0. The zero-order valence-electron chi connectivity index (χ0n) is 10.2.